The minimum absolute atomic E-state index is 0.0314. The molecule has 2 aromatic carbocycles. The topological polar surface area (TPSA) is 64.6 Å². The molecule has 1 N–H and O–H groups in total. The second-order valence-electron chi connectivity index (χ2n) is 5.52. The fourth-order valence-electron chi connectivity index (χ4n) is 2.23. The van der Waals surface area contributed by atoms with Crippen LogP contribution in [0.1, 0.15) is 29.3 Å². The maximum atomic E-state index is 12.0. The van der Waals surface area contributed by atoms with E-state index in [2.05, 4.69) is 12.2 Å². The third kappa shape index (κ3) is 5.95. The second kappa shape index (κ2) is 9.47. The molecule has 0 saturated carbocycles. The molecule has 132 valence electrons. The Morgan fingerprint density at radius 3 is 2.20 bits per heavy atom. The molecule has 2 aromatic rings. The molecule has 0 fully saturated rings. The van der Waals surface area contributed by atoms with Crippen molar-refractivity contribution in [1.82, 2.24) is 5.32 Å². The van der Waals surface area contributed by atoms with Crippen molar-refractivity contribution in [1.29, 1.82) is 0 Å². The van der Waals surface area contributed by atoms with Crippen molar-refractivity contribution in [3.63, 3.8) is 0 Å². The van der Waals surface area contributed by atoms with E-state index in [1.54, 1.807) is 31.4 Å². The Morgan fingerprint density at radius 1 is 0.960 bits per heavy atom. The highest BCUT2D eigenvalue weighted by molar-refractivity contribution is 5.99. The van der Waals surface area contributed by atoms with Gasteiger partial charge < -0.3 is 14.8 Å². The summed E-state index contributed by atoms with van der Waals surface area (Å²) in [5, 5.41) is 2.61. The molecule has 2 rings (SSSR count). The minimum Gasteiger partial charge on any atom is -0.497 e. The number of ketones is 1. The monoisotopic (exact) mass is 341 g/mol. The van der Waals surface area contributed by atoms with Crippen LogP contribution in [0.5, 0.6) is 11.5 Å². The van der Waals surface area contributed by atoms with E-state index in [9.17, 15) is 9.59 Å². The lowest BCUT2D eigenvalue weighted by atomic mass is 10.1. The van der Waals surface area contributed by atoms with Crippen LogP contribution in [0.25, 0.3) is 0 Å². The number of hydrogen-bond acceptors (Lipinski definition) is 4. The highest BCUT2D eigenvalue weighted by Crippen LogP contribution is 2.13. The first-order chi connectivity index (χ1) is 12.1. The Hall–Kier alpha value is -2.82. The first-order valence-corrected chi connectivity index (χ1v) is 8.28. The lowest BCUT2D eigenvalue weighted by Crippen LogP contribution is -2.30. The molecule has 0 atom stereocenters. The summed E-state index contributed by atoms with van der Waals surface area (Å²) in [7, 11) is 1.57. The Kier molecular flexibility index (Phi) is 7.01. The smallest absolute Gasteiger partial charge is 0.223 e. The van der Waals surface area contributed by atoms with E-state index in [0.29, 0.717) is 11.3 Å². The number of Topliss-reactive ketones (excluding diaryl/α,β-unsaturated/α-hetero) is 1. The summed E-state index contributed by atoms with van der Waals surface area (Å²) in [6, 6.07) is 14.6. The quantitative estimate of drug-likeness (QED) is 0.712. The summed E-state index contributed by atoms with van der Waals surface area (Å²) in [5.41, 5.74) is 1.77. The van der Waals surface area contributed by atoms with E-state index in [-0.39, 0.29) is 31.3 Å². The van der Waals surface area contributed by atoms with E-state index in [0.717, 1.165) is 12.2 Å². The third-order valence-corrected chi connectivity index (χ3v) is 3.79. The van der Waals surface area contributed by atoms with Crippen molar-refractivity contribution in [2.24, 2.45) is 0 Å². The third-order valence-electron chi connectivity index (χ3n) is 3.79. The summed E-state index contributed by atoms with van der Waals surface area (Å²) in [6.07, 6.45) is 1.18. The van der Waals surface area contributed by atoms with Gasteiger partial charge in [0.05, 0.1) is 26.7 Å². The maximum Gasteiger partial charge on any atom is 0.223 e. The number of hydrogen-bond donors (Lipinski definition) is 1. The van der Waals surface area contributed by atoms with Crippen LogP contribution in [-0.2, 0) is 11.2 Å². The van der Waals surface area contributed by atoms with Crippen LogP contribution >= 0.6 is 0 Å². The zero-order valence-corrected chi connectivity index (χ0v) is 14.6. The number of rotatable bonds is 9. The molecule has 0 heterocycles. The lowest BCUT2D eigenvalue weighted by Gasteiger charge is -2.08. The van der Waals surface area contributed by atoms with E-state index in [4.69, 9.17) is 9.47 Å². The largest absolute Gasteiger partial charge is 0.497 e. The average Bonchev–Trinajstić information content (AvgIpc) is 2.66. The molecule has 1 amide bonds. The average molecular weight is 341 g/mol. The standard InChI is InChI=1S/C20H23NO4/c1-3-15-4-8-18(9-5-15)25-13-12-20(23)21-14-19(22)16-6-10-17(24-2)11-7-16/h4-11H,3,12-14H2,1-2H3,(H,21,23). The van der Waals surface area contributed by atoms with Crippen molar-refractivity contribution >= 4 is 11.7 Å². The molecule has 0 saturated heterocycles. The Labute approximate surface area is 148 Å². The van der Waals surface area contributed by atoms with Gasteiger partial charge in [-0.05, 0) is 48.4 Å². The highest BCUT2D eigenvalue weighted by atomic mass is 16.5. The molecule has 25 heavy (non-hydrogen) atoms. The molecule has 0 unspecified atom stereocenters. The van der Waals surface area contributed by atoms with Gasteiger partial charge in [-0.15, -0.1) is 0 Å². The van der Waals surface area contributed by atoms with Crippen LogP contribution in [0, 0.1) is 0 Å². The van der Waals surface area contributed by atoms with Gasteiger partial charge in [-0.2, -0.15) is 0 Å². The van der Waals surface area contributed by atoms with Crippen LogP contribution in [-0.4, -0.2) is 32.0 Å². The van der Waals surface area contributed by atoms with Crippen LogP contribution < -0.4 is 14.8 Å². The molecule has 0 radical (unpaired) electrons. The van der Waals surface area contributed by atoms with Gasteiger partial charge in [-0.1, -0.05) is 19.1 Å². The van der Waals surface area contributed by atoms with Gasteiger partial charge in [-0.25, -0.2) is 0 Å². The summed E-state index contributed by atoms with van der Waals surface area (Å²) < 4.78 is 10.6. The SMILES string of the molecule is CCc1ccc(OCCC(=O)NCC(=O)c2ccc(OC)cc2)cc1. The molecular weight excluding hydrogens is 318 g/mol. The van der Waals surface area contributed by atoms with E-state index in [1.165, 1.54) is 5.56 Å². The molecule has 5 heteroatoms. The predicted octanol–water partition coefficient (Wildman–Crippen LogP) is 3.03. The zero-order valence-electron chi connectivity index (χ0n) is 14.6. The first kappa shape index (κ1) is 18.5. The molecular formula is C20H23NO4. The number of benzene rings is 2. The molecule has 0 aliphatic carbocycles. The van der Waals surface area contributed by atoms with Crippen LogP contribution in [0.2, 0.25) is 0 Å². The van der Waals surface area contributed by atoms with Gasteiger partial charge >= 0.3 is 0 Å². The highest BCUT2D eigenvalue weighted by Gasteiger charge is 2.08. The van der Waals surface area contributed by atoms with Crippen molar-refractivity contribution in [2.75, 3.05) is 20.3 Å². The number of ether oxygens (including phenoxy) is 2. The lowest BCUT2D eigenvalue weighted by molar-refractivity contribution is -0.121. The van der Waals surface area contributed by atoms with Gasteiger partial charge in [-0.3, -0.25) is 9.59 Å². The van der Waals surface area contributed by atoms with Crippen LogP contribution in [0.3, 0.4) is 0 Å². The molecule has 0 aliphatic rings. The summed E-state index contributed by atoms with van der Waals surface area (Å²) in [5.74, 6) is 1.06. The molecule has 0 aromatic heterocycles. The van der Waals surface area contributed by atoms with Crippen molar-refractivity contribution < 1.29 is 19.1 Å². The number of amides is 1. The maximum absolute atomic E-state index is 12.0. The van der Waals surface area contributed by atoms with E-state index in [1.807, 2.05) is 24.3 Å². The fourth-order valence-corrected chi connectivity index (χ4v) is 2.23. The Bertz CT molecular complexity index is 693. The minimum atomic E-state index is -0.216. The van der Waals surface area contributed by atoms with Crippen molar-refractivity contribution in [3.05, 3.63) is 59.7 Å². The van der Waals surface area contributed by atoms with Gasteiger partial charge in [0.25, 0.3) is 0 Å². The summed E-state index contributed by atoms with van der Waals surface area (Å²) in [6.45, 7) is 2.33. The normalized spacial score (nSPS) is 10.2. The number of carbonyl (C=O) groups excluding carboxylic acids is 2. The molecule has 5 nitrogen and oxygen atoms in total. The van der Waals surface area contributed by atoms with E-state index < -0.39 is 0 Å². The number of carbonyl (C=O) groups is 2. The van der Waals surface area contributed by atoms with Gasteiger partial charge in [0, 0.05) is 5.56 Å². The summed E-state index contributed by atoms with van der Waals surface area (Å²) >= 11 is 0. The Balaban J connectivity index is 1.69. The molecule has 0 aliphatic heterocycles. The predicted molar refractivity (Wildman–Crippen MR) is 96.3 cm³/mol. The van der Waals surface area contributed by atoms with Crippen molar-refractivity contribution in [2.45, 2.75) is 19.8 Å². The van der Waals surface area contributed by atoms with Gasteiger partial charge in [0.2, 0.25) is 5.91 Å². The molecule has 0 bridgehead atoms. The Morgan fingerprint density at radius 2 is 1.60 bits per heavy atom. The number of aryl methyl sites for hydroxylation is 1. The zero-order chi connectivity index (χ0) is 18.1. The summed E-state index contributed by atoms with van der Waals surface area (Å²) in [4.78, 5) is 23.8. The fraction of sp³-hybridized carbons (Fsp3) is 0.300. The van der Waals surface area contributed by atoms with Crippen LogP contribution in [0.15, 0.2) is 48.5 Å². The second-order valence-corrected chi connectivity index (χ2v) is 5.52. The first-order valence-electron chi connectivity index (χ1n) is 8.28. The molecule has 0 spiro atoms. The number of nitrogens with one attached hydrogen (secondary N) is 1. The van der Waals surface area contributed by atoms with Crippen LogP contribution in [0.4, 0.5) is 0 Å². The van der Waals surface area contributed by atoms with E-state index >= 15 is 0 Å². The van der Waals surface area contributed by atoms with Gasteiger partial charge in [0.15, 0.2) is 5.78 Å². The van der Waals surface area contributed by atoms with Crippen molar-refractivity contribution in [3.8, 4) is 11.5 Å². The number of methoxy groups -OCH3 is 1. The van der Waals surface area contributed by atoms with Gasteiger partial charge in [0.1, 0.15) is 11.5 Å².